The van der Waals surface area contributed by atoms with Crippen molar-refractivity contribution < 1.29 is 4.79 Å². The highest BCUT2D eigenvalue weighted by Crippen LogP contribution is 2.15. The van der Waals surface area contributed by atoms with Gasteiger partial charge in [0.05, 0.1) is 0 Å². The molecule has 1 aliphatic heterocycles. The summed E-state index contributed by atoms with van der Waals surface area (Å²) < 4.78 is 2.06. The molecule has 0 unspecified atom stereocenters. The fourth-order valence-electron chi connectivity index (χ4n) is 3.03. The number of likely N-dealkylation sites (tertiary alicyclic amines) is 1. The number of carbonyl (C=O) groups is 1. The summed E-state index contributed by atoms with van der Waals surface area (Å²) in [5.74, 6) is 2.31. The number of aryl methyl sites for hydroxylation is 1. The number of hydrogen-bond donors (Lipinski definition) is 1. The predicted octanol–water partition coefficient (Wildman–Crippen LogP) is 2.09. The lowest BCUT2D eigenvalue weighted by atomic mass is 10.0. The first-order chi connectivity index (χ1) is 10.6. The zero-order chi connectivity index (χ0) is 15.9. The van der Waals surface area contributed by atoms with Gasteiger partial charge in [0.15, 0.2) is 0 Å². The first-order valence-corrected chi connectivity index (χ1v) is 9.49. The van der Waals surface area contributed by atoms with Gasteiger partial charge in [0.2, 0.25) is 5.91 Å². The van der Waals surface area contributed by atoms with E-state index in [2.05, 4.69) is 32.9 Å². The Morgan fingerprint density at radius 1 is 1.50 bits per heavy atom. The maximum atomic E-state index is 12.2. The molecule has 1 saturated heterocycles. The van der Waals surface area contributed by atoms with Gasteiger partial charge in [-0.1, -0.05) is 0 Å². The second kappa shape index (κ2) is 8.58. The molecule has 1 aliphatic rings. The molecule has 1 amide bonds. The van der Waals surface area contributed by atoms with E-state index in [1.807, 2.05) is 24.9 Å². The molecule has 0 aromatic carbocycles. The van der Waals surface area contributed by atoms with Crippen molar-refractivity contribution in [2.75, 3.05) is 31.6 Å². The van der Waals surface area contributed by atoms with E-state index in [0.29, 0.717) is 12.5 Å². The summed E-state index contributed by atoms with van der Waals surface area (Å²) in [5, 5.41) is 3.20. The van der Waals surface area contributed by atoms with Gasteiger partial charge in [-0.25, -0.2) is 4.98 Å². The number of carbonyl (C=O) groups excluding carboxylic acids is 1. The second-order valence-corrected chi connectivity index (χ2v) is 7.10. The van der Waals surface area contributed by atoms with E-state index in [0.717, 1.165) is 31.8 Å². The lowest BCUT2D eigenvalue weighted by Gasteiger charge is -2.32. The third-order valence-corrected chi connectivity index (χ3v) is 4.97. The summed E-state index contributed by atoms with van der Waals surface area (Å²) in [4.78, 5) is 18.9. The Hall–Kier alpha value is -1.01. The maximum Gasteiger partial charge on any atom is 0.222 e. The highest BCUT2D eigenvalue weighted by Gasteiger charge is 2.21. The molecule has 1 aromatic rings. The van der Waals surface area contributed by atoms with Gasteiger partial charge in [-0.3, -0.25) is 4.79 Å². The standard InChI is InChI=1S/C16H28N4OS/c1-13(20-9-6-17-14(20)2)12-16(21)18-15-4-7-19(8-5-15)10-11-22-3/h6,9,13,15H,4-5,7-8,10-12H2,1-3H3,(H,18,21)/t13-/m1/s1. The lowest BCUT2D eigenvalue weighted by molar-refractivity contribution is -0.122. The molecule has 2 rings (SSSR count). The number of nitrogens with one attached hydrogen (secondary N) is 1. The van der Waals surface area contributed by atoms with Crippen LogP contribution in [0.3, 0.4) is 0 Å². The maximum absolute atomic E-state index is 12.2. The SMILES string of the molecule is CSCCN1CCC(NC(=O)C[C@@H](C)n2ccnc2C)CC1. The van der Waals surface area contributed by atoms with Gasteiger partial charge in [0.25, 0.3) is 0 Å². The minimum absolute atomic E-state index is 0.156. The smallest absolute Gasteiger partial charge is 0.222 e. The molecule has 22 heavy (non-hydrogen) atoms. The Labute approximate surface area is 137 Å². The number of aromatic nitrogens is 2. The zero-order valence-corrected chi connectivity index (χ0v) is 14.7. The van der Waals surface area contributed by atoms with Crippen LogP contribution < -0.4 is 5.32 Å². The molecule has 1 aromatic heterocycles. The van der Waals surface area contributed by atoms with Crippen molar-refractivity contribution in [1.29, 1.82) is 0 Å². The Morgan fingerprint density at radius 2 is 2.23 bits per heavy atom. The van der Waals surface area contributed by atoms with Crippen molar-refractivity contribution in [2.24, 2.45) is 0 Å². The van der Waals surface area contributed by atoms with Gasteiger partial charge in [-0.2, -0.15) is 11.8 Å². The molecular weight excluding hydrogens is 296 g/mol. The molecular formula is C16H28N4OS. The van der Waals surface area contributed by atoms with Crippen LogP contribution in [0.25, 0.3) is 0 Å². The van der Waals surface area contributed by atoms with Crippen LogP contribution in [0.1, 0.15) is 38.1 Å². The topological polar surface area (TPSA) is 50.2 Å². The van der Waals surface area contributed by atoms with Gasteiger partial charge in [0.1, 0.15) is 5.82 Å². The van der Waals surface area contributed by atoms with Crippen molar-refractivity contribution in [3.8, 4) is 0 Å². The predicted molar refractivity (Wildman–Crippen MR) is 92.3 cm³/mol. The molecule has 0 saturated carbocycles. The molecule has 1 atom stereocenters. The van der Waals surface area contributed by atoms with Gasteiger partial charge in [0, 0.05) is 56.3 Å². The van der Waals surface area contributed by atoms with E-state index < -0.39 is 0 Å². The average Bonchev–Trinajstić information content (AvgIpc) is 2.92. The van der Waals surface area contributed by atoms with E-state index in [9.17, 15) is 4.79 Å². The number of piperidine rings is 1. The number of amides is 1. The van der Waals surface area contributed by atoms with Crippen molar-refractivity contribution in [1.82, 2.24) is 19.8 Å². The second-order valence-electron chi connectivity index (χ2n) is 6.11. The highest BCUT2D eigenvalue weighted by atomic mass is 32.2. The van der Waals surface area contributed by atoms with E-state index in [-0.39, 0.29) is 11.9 Å². The molecule has 6 heteroatoms. The van der Waals surface area contributed by atoms with E-state index >= 15 is 0 Å². The molecule has 1 N–H and O–H groups in total. The Kier molecular flexibility index (Phi) is 6.76. The van der Waals surface area contributed by atoms with Crippen LogP contribution in [-0.4, -0.2) is 58.0 Å². The van der Waals surface area contributed by atoms with E-state index in [1.54, 1.807) is 6.20 Å². The molecule has 0 aliphatic carbocycles. The average molecular weight is 324 g/mol. The van der Waals surface area contributed by atoms with Gasteiger partial charge < -0.3 is 14.8 Å². The Bertz CT molecular complexity index is 468. The zero-order valence-electron chi connectivity index (χ0n) is 13.9. The monoisotopic (exact) mass is 324 g/mol. The number of rotatable bonds is 7. The number of thioether (sulfide) groups is 1. The summed E-state index contributed by atoms with van der Waals surface area (Å²) >= 11 is 1.89. The molecule has 0 bridgehead atoms. The molecule has 5 nitrogen and oxygen atoms in total. The van der Waals surface area contributed by atoms with Crippen LogP contribution in [0.2, 0.25) is 0 Å². The quantitative estimate of drug-likeness (QED) is 0.834. The number of nitrogens with zero attached hydrogens (tertiary/aromatic N) is 3. The van der Waals surface area contributed by atoms with Crippen molar-refractivity contribution in [3.05, 3.63) is 18.2 Å². The van der Waals surface area contributed by atoms with Crippen LogP contribution in [0.5, 0.6) is 0 Å². The van der Waals surface area contributed by atoms with Gasteiger partial charge >= 0.3 is 0 Å². The van der Waals surface area contributed by atoms with E-state index in [4.69, 9.17) is 0 Å². The third-order valence-electron chi connectivity index (χ3n) is 4.38. The fourth-order valence-corrected chi connectivity index (χ4v) is 3.47. The van der Waals surface area contributed by atoms with Crippen LogP contribution in [0, 0.1) is 6.92 Å². The van der Waals surface area contributed by atoms with Crippen molar-refractivity contribution >= 4 is 17.7 Å². The molecule has 1 fully saturated rings. The van der Waals surface area contributed by atoms with Crippen molar-refractivity contribution in [2.45, 2.75) is 45.2 Å². The summed E-state index contributed by atoms with van der Waals surface area (Å²) in [7, 11) is 0. The largest absolute Gasteiger partial charge is 0.353 e. The van der Waals surface area contributed by atoms with Gasteiger partial charge in [-0.15, -0.1) is 0 Å². The first kappa shape index (κ1) is 17.3. The summed E-state index contributed by atoms with van der Waals surface area (Å²) in [6.45, 7) is 7.40. The Balaban J connectivity index is 1.71. The molecule has 124 valence electrons. The van der Waals surface area contributed by atoms with Crippen LogP contribution in [0.15, 0.2) is 12.4 Å². The van der Waals surface area contributed by atoms with Crippen molar-refractivity contribution in [3.63, 3.8) is 0 Å². The molecule has 0 radical (unpaired) electrons. The minimum atomic E-state index is 0.156. The number of imidazole rings is 1. The highest BCUT2D eigenvalue weighted by molar-refractivity contribution is 7.98. The first-order valence-electron chi connectivity index (χ1n) is 8.10. The summed E-state index contributed by atoms with van der Waals surface area (Å²) in [5.41, 5.74) is 0. The van der Waals surface area contributed by atoms with E-state index in [1.165, 1.54) is 12.3 Å². The van der Waals surface area contributed by atoms with Gasteiger partial charge in [-0.05, 0) is 32.9 Å². The normalized spacial score (nSPS) is 18.3. The third kappa shape index (κ3) is 5.02. The summed E-state index contributed by atoms with van der Waals surface area (Å²) in [6.07, 6.45) is 8.53. The fraction of sp³-hybridized carbons (Fsp3) is 0.750. The van der Waals surface area contributed by atoms with Crippen LogP contribution >= 0.6 is 11.8 Å². The summed E-state index contributed by atoms with van der Waals surface area (Å²) in [6, 6.07) is 0.498. The Morgan fingerprint density at radius 3 is 2.82 bits per heavy atom. The number of hydrogen-bond acceptors (Lipinski definition) is 4. The lowest BCUT2D eigenvalue weighted by Crippen LogP contribution is -2.45. The molecule has 2 heterocycles. The minimum Gasteiger partial charge on any atom is -0.353 e. The van der Waals surface area contributed by atoms with Crippen LogP contribution in [0.4, 0.5) is 0 Å². The molecule has 0 spiro atoms. The van der Waals surface area contributed by atoms with Crippen LogP contribution in [-0.2, 0) is 4.79 Å².